The maximum absolute atomic E-state index is 11.4. The van der Waals surface area contributed by atoms with Crippen LogP contribution in [0.1, 0.15) is 35.7 Å². The maximum Gasteiger partial charge on any atom is 0.159 e. The van der Waals surface area contributed by atoms with Gasteiger partial charge in [-0.1, -0.05) is 17.7 Å². The van der Waals surface area contributed by atoms with Gasteiger partial charge in [0.05, 0.1) is 16.2 Å². The van der Waals surface area contributed by atoms with Gasteiger partial charge in [0.15, 0.2) is 12.1 Å². The number of carbonyl (C=O) groups is 1. The summed E-state index contributed by atoms with van der Waals surface area (Å²) in [6.45, 7) is 5.03. The summed E-state index contributed by atoms with van der Waals surface area (Å²) in [5.41, 5.74) is 2.28. The minimum Gasteiger partial charge on any atom is -0.382 e. The molecule has 2 heterocycles. The summed E-state index contributed by atoms with van der Waals surface area (Å²) in [4.78, 5) is 24.3. The van der Waals surface area contributed by atoms with Crippen molar-refractivity contribution in [3.63, 3.8) is 0 Å². The van der Waals surface area contributed by atoms with E-state index in [0.717, 1.165) is 17.4 Å². The lowest BCUT2D eigenvalue weighted by atomic mass is 10.0. The van der Waals surface area contributed by atoms with Gasteiger partial charge in [0.2, 0.25) is 0 Å². The number of pyridine rings is 1. The second kappa shape index (κ2) is 5.92. The van der Waals surface area contributed by atoms with Crippen LogP contribution in [0.4, 0.5) is 0 Å². The van der Waals surface area contributed by atoms with Gasteiger partial charge in [0.1, 0.15) is 5.60 Å². The van der Waals surface area contributed by atoms with Crippen molar-refractivity contribution in [2.45, 2.75) is 26.4 Å². The van der Waals surface area contributed by atoms with Crippen molar-refractivity contribution >= 4 is 28.8 Å². The van der Waals surface area contributed by atoms with E-state index in [2.05, 4.69) is 15.0 Å². The van der Waals surface area contributed by atoms with Crippen LogP contribution in [0.5, 0.6) is 0 Å². The van der Waals surface area contributed by atoms with Crippen molar-refractivity contribution in [3.05, 3.63) is 52.7 Å². The molecule has 0 fully saturated rings. The Morgan fingerprint density at radius 1 is 1.17 bits per heavy atom. The zero-order valence-electron chi connectivity index (χ0n) is 13.5. The first kappa shape index (κ1) is 16.5. The molecular weight excluding hydrogens is 326 g/mol. The van der Waals surface area contributed by atoms with Crippen molar-refractivity contribution in [2.24, 2.45) is 0 Å². The van der Waals surface area contributed by atoms with Gasteiger partial charge in [-0.3, -0.25) is 9.78 Å². The van der Waals surface area contributed by atoms with Gasteiger partial charge < -0.3 is 5.11 Å². The number of benzene rings is 1. The van der Waals surface area contributed by atoms with Gasteiger partial charge in [-0.15, -0.1) is 0 Å². The number of aromatic nitrogens is 3. The first-order valence-electron chi connectivity index (χ1n) is 7.41. The number of hydrogen-bond acceptors (Lipinski definition) is 5. The molecule has 0 spiro atoms. The van der Waals surface area contributed by atoms with Crippen LogP contribution in [0.3, 0.4) is 0 Å². The molecule has 1 N–H and O–H groups in total. The predicted molar refractivity (Wildman–Crippen MR) is 93.1 cm³/mol. The van der Waals surface area contributed by atoms with E-state index in [0.29, 0.717) is 33.0 Å². The molecule has 0 unspecified atom stereocenters. The number of hydrogen-bond donors (Lipinski definition) is 1. The fourth-order valence-electron chi connectivity index (χ4n) is 2.48. The first-order valence-corrected chi connectivity index (χ1v) is 7.79. The van der Waals surface area contributed by atoms with Gasteiger partial charge in [-0.2, -0.15) is 0 Å². The number of aliphatic hydroxyl groups is 1. The number of nitrogens with zero attached hydrogens (tertiary/aromatic N) is 3. The van der Waals surface area contributed by atoms with Crippen molar-refractivity contribution in [3.8, 4) is 11.1 Å². The Balaban J connectivity index is 2.14. The third kappa shape index (κ3) is 2.88. The third-order valence-electron chi connectivity index (χ3n) is 3.78. The highest BCUT2D eigenvalue weighted by Crippen LogP contribution is 2.30. The minimum atomic E-state index is -1.10. The van der Waals surface area contributed by atoms with Gasteiger partial charge in [-0.25, -0.2) is 9.97 Å². The molecule has 0 saturated heterocycles. The van der Waals surface area contributed by atoms with E-state index < -0.39 is 5.60 Å². The molecule has 5 nitrogen and oxygen atoms in total. The van der Waals surface area contributed by atoms with Crippen LogP contribution in [0, 0.1) is 6.92 Å². The molecule has 1 aromatic carbocycles. The normalized spacial score (nSPS) is 11.7. The molecule has 0 saturated carbocycles. The summed E-state index contributed by atoms with van der Waals surface area (Å²) in [7, 11) is 0. The topological polar surface area (TPSA) is 76.0 Å². The highest BCUT2D eigenvalue weighted by molar-refractivity contribution is 6.35. The molecule has 0 amide bonds. The highest BCUT2D eigenvalue weighted by atomic mass is 35.5. The largest absolute Gasteiger partial charge is 0.382 e. The lowest BCUT2D eigenvalue weighted by Gasteiger charge is -2.15. The van der Waals surface area contributed by atoms with E-state index in [1.54, 1.807) is 33.2 Å². The van der Waals surface area contributed by atoms with Crippen LogP contribution >= 0.6 is 11.6 Å². The minimum absolute atomic E-state index is 0.348. The predicted octanol–water partition coefficient (Wildman–Crippen LogP) is 3.69. The molecule has 0 bridgehead atoms. The highest BCUT2D eigenvalue weighted by Gasteiger charge is 2.19. The monoisotopic (exact) mass is 341 g/mol. The van der Waals surface area contributed by atoms with Crippen LogP contribution in [-0.2, 0) is 5.60 Å². The Bertz CT molecular complexity index is 932. The van der Waals surface area contributed by atoms with Crippen molar-refractivity contribution in [2.75, 3.05) is 0 Å². The third-order valence-corrected chi connectivity index (χ3v) is 4.26. The van der Waals surface area contributed by atoms with Crippen molar-refractivity contribution in [1.29, 1.82) is 0 Å². The molecule has 3 rings (SSSR count). The van der Waals surface area contributed by atoms with Crippen LogP contribution in [0.15, 0.2) is 30.6 Å². The van der Waals surface area contributed by atoms with Crippen LogP contribution in [0.2, 0.25) is 5.02 Å². The molecule has 122 valence electrons. The lowest BCUT2D eigenvalue weighted by molar-refractivity contribution is 0.0687. The Hall–Kier alpha value is -2.37. The first-order chi connectivity index (χ1) is 11.3. The fourth-order valence-corrected chi connectivity index (χ4v) is 2.67. The Morgan fingerprint density at radius 3 is 2.42 bits per heavy atom. The molecule has 6 heteroatoms. The van der Waals surface area contributed by atoms with E-state index in [-0.39, 0.29) is 0 Å². The number of aryl methyl sites for hydroxylation is 1. The van der Waals surface area contributed by atoms with Crippen LogP contribution in [0.25, 0.3) is 22.0 Å². The number of fused-ring (bicyclic) bond motifs is 1. The van der Waals surface area contributed by atoms with Gasteiger partial charge in [0, 0.05) is 28.9 Å². The SMILES string of the molecule is Cc1nc2ccc(-c3cnc(C(C)(C)O)nc3)cc2c(C=O)c1Cl. The van der Waals surface area contributed by atoms with Gasteiger partial charge >= 0.3 is 0 Å². The summed E-state index contributed by atoms with van der Waals surface area (Å²) < 4.78 is 0. The summed E-state index contributed by atoms with van der Waals surface area (Å²) >= 11 is 6.20. The molecule has 0 aliphatic carbocycles. The second-order valence-corrected chi connectivity index (χ2v) is 6.51. The molecule has 0 atom stereocenters. The average Bonchev–Trinajstić information content (AvgIpc) is 2.55. The van der Waals surface area contributed by atoms with E-state index in [1.165, 1.54) is 0 Å². The molecule has 0 aliphatic heterocycles. The zero-order valence-corrected chi connectivity index (χ0v) is 14.3. The summed E-state index contributed by atoms with van der Waals surface area (Å²) in [6.07, 6.45) is 4.04. The maximum atomic E-state index is 11.4. The van der Waals surface area contributed by atoms with Crippen LogP contribution in [-0.4, -0.2) is 26.3 Å². The van der Waals surface area contributed by atoms with Gasteiger partial charge in [-0.05, 0) is 38.5 Å². The molecular formula is C18H16ClN3O2. The summed E-state index contributed by atoms with van der Waals surface area (Å²) in [5.74, 6) is 0.348. The van der Waals surface area contributed by atoms with Gasteiger partial charge in [0.25, 0.3) is 0 Å². The smallest absolute Gasteiger partial charge is 0.159 e. The average molecular weight is 342 g/mol. The van der Waals surface area contributed by atoms with E-state index in [9.17, 15) is 9.90 Å². The van der Waals surface area contributed by atoms with E-state index in [4.69, 9.17) is 11.6 Å². The second-order valence-electron chi connectivity index (χ2n) is 6.13. The quantitative estimate of drug-likeness (QED) is 0.735. The molecule has 24 heavy (non-hydrogen) atoms. The lowest BCUT2D eigenvalue weighted by Crippen LogP contribution is -2.19. The number of halogens is 1. The molecule has 2 aromatic heterocycles. The molecule has 0 aliphatic rings. The summed E-state index contributed by atoms with van der Waals surface area (Å²) in [5, 5.41) is 11.0. The van der Waals surface area contributed by atoms with Crippen molar-refractivity contribution in [1.82, 2.24) is 15.0 Å². The van der Waals surface area contributed by atoms with Crippen molar-refractivity contribution < 1.29 is 9.90 Å². The number of carbonyl (C=O) groups excluding carboxylic acids is 1. The Morgan fingerprint density at radius 2 is 1.83 bits per heavy atom. The fraction of sp³-hybridized carbons (Fsp3) is 0.222. The summed E-state index contributed by atoms with van der Waals surface area (Å²) in [6, 6.07) is 5.57. The number of rotatable bonds is 3. The zero-order chi connectivity index (χ0) is 17.5. The Kier molecular flexibility index (Phi) is 4.07. The van der Waals surface area contributed by atoms with Crippen LogP contribution < -0.4 is 0 Å². The molecule has 0 radical (unpaired) electrons. The molecule has 3 aromatic rings. The Labute approximate surface area is 144 Å². The number of aldehydes is 1. The van der Waals surface area contributed by atoms with E-state index >= 15 is 0 Å². The standard InChI is InChI=1S/C18H16ClN3O2/c1-10-16(19)14(9-23)13-6-11(4-5-15(13)22-10)12-7-20-17(21-8-12)18(2,3)24/h4-9,24H,1-3H3. The van der Waals surface area contributed by atoms with E-state index in [1.807, 2.05) is 18.2 Å².